The van der Waals surface area contributed by atoms with E-state index in [1.165, 1.54) is 11.1 Å². The Hall–Kier alpha value is -1.22. The molecule has 0 aliphatic rings. The Bertz CT molecular complexity index is 352. The number of rotatable bonds is 3. The second kappa shape index (κ2) is 5.61. The third kappa shape index (κ3) is 3.80. The van der Waals surface area contributed by atoms with Gasteiger partial charge in [-0.25, -0.2) is 0 Å². The number of aliphatic carboxylic acids is 1. The Kier molecular flexibility index (Phi) is 5.15. The number of carbonyl (C=O) groups is 1. The van der Waals surface area contributed by atoms with Gasteiger partial charge in [-0.1, -0.05) is 6.07 Å². The molecule has 1 N–H and O–H groups in total. The number of nitrogens with zero attached hydrogens (tertiary/aromatic N) is 1. The number of benzene rings is 1. The molecule has 0 heterocycles. The first-order valence-corrected chi connectivity index (χ1v) is 4.51. The summed E-state index contributed by atoms with van der Waals surface area (Å²) in [5.41, 5.74) is 3.34. The highest BCUT2D eigenvalue weighted by molar-refractivity contribution is 5.85. The quantitative estimate of drug-likeness (QED) is 0.864. The molecule has 15 heavy (non-hydrogen) atoms. The molecule has 1 rings (SSSR count). The van der Waals surface area contributed by atoms with Crippen molar-refractivity contribution in [2.75, 3.05) is 18.5 Å². The molecule has 0 atom stereocenters. The summed E-state index contributed by atoms with van der Waals surface area (Å²) in [7, 11) is 1.78. The van der Waals surface area contributed by atoms with Crippen LogP contribution in [0.25, 0.3) is 0 Å². The molecule has 4 heteroatoms. The maximum atomic E-state index is 10.5. The summed E-state index contributed by atoms with van der Waals surface area (Å²) in [5.74, 6) is -0.814. The van der Waals surface area contributed by atoms with Crippen molar-refractivity contribution in [3.63, 3.8) is 0 Å². The monoisotopic (exact) mass is 229 g/mol. The minimum Gasteiger partial charge on any atom is -0.480 e. The molecule has 0 spiro atoms. The van der Waals surface area contributed by atoms with Gasteiger partial charge in [-0.05, 0) is 37.1 Å². The molecule has 0 bridgehead atoms. The van der Waals surface area contributed by atoms with Gasteiger partial charge in [0.2, 0.25) is 0 Å². The zero-order valence-electron chi connectivity index (χ0n) is 9.15. The van der Waals surface area contributed by atoms with Gasteiger partial charge in [-0.15, -0.1) is 12.4 Å². The van der Waals surface area contributed by atoms with Crippen LogP contribution in [0.4, 0.5) is 5.69 Å². The molecule has 1 aromatic carbocycles. The summed E-state index contributed by atoms with van der Waals surface area (Å²) in [5, 5.41) is 8.63. The predicted octanol–water partition coefficient (Wildman–Crippen LogP) is 2.25. The number of carboxylic acids is 1. The summed E-state index contributed by atoms with van der Waals surface area (Å²) in [6.45, 7) is 4.09. The number of hydrogen-bond acceptors (Lipinski definition) is 2. The van der Waals surface area contributed by atoms with Crippen molar-refractivity contribution in [2.45, 2.75) is 13.8 Å². The van der Waals surface area contributed by atoms with Gasteiger partial charge >= 0.3 is 5.97 Å². The summed E-state index contributed by atoms with van der Waals surface area (Å²) >= 11 is 0. The van der Waals surface area contributed by atoms with Crippen LogP contribution in [0.2, 0.25) is 0 Å². The van der Waals surface area contributed by atoms with E-state index in [4.69, 9.17) is 5.11 Å². The van der Waals surface area contributed by atoms with E-state index in [2.05, 4.69) is 0 Å². The average Bonchev–Trinajstić information content (AvgIpc) is 2.08. The molecule has 1 aromatic rings. The first kappa shape index (κ1) is 13.8. The van der Waals surface area contributed by atoms with Crippen molar-refractivity contribution >= 4 is 24.1 Å². The molecule has 0 aliphatic heterocycles. The lowest BCUT2D eigenvalue weighted by Crippen LogP contribution is -2.25. The van der Waals surface area contributed by atoms with E-state index in [9.17, 15) is 4.79 Å². The molecule has 3 nitrogen and oxygen atoms in total. The number of aryl methyl sites for hydroxylation is 2. The Labute approximate surface area is 96.1 Å². The van der Waals surface area contributed by atoms with E-state index in [0.29, 0.717) is 0 Å². The molecule has 0 fully saturated rings. The number of hydrogen-bond donors (Lipinski definition) is 1. The fraction of sp³-hybridized carbons (Fsp3) is 0.364. The van der Waals surface area contributed by atoms with Crippen molar-refractivity contribution < 1.29 is 9.90 Å². The first-order chi connectivity index (χ1) is 6.50. The molecule has 84 valence electrons. The largest absolute Gasteiger partial charge is 0.480 e. The third-order valence-electron chi connectivity index (χ3n) is 2.30. The highest BCUT2D eigenvalue weighted by Gasteiger charge is 2.05. The Morgan fingerprint density at radius 1 is 1.33 bits per heavy atom. The van der Waals surface area contributed by atoms with Crippen LogP contribution in [0.15, 0.2) is 18.2 Å². The summed E-state index contributed by atoms with van der Waals surface area (Å²) in [4.78, 5) is 12.2. The van der Waals surface area contributed by atoms with Gasteiger partial charge < -0.3 is 10.0 Å². The molecule has 0 aromatic heterocycles. The van der Waals surface area contributed by atoms with Gasteiger partial charge in [0, 0.05) is 12.7 Å². The number of likely N-dealkylation sites (N-methyl/N-ethyl adjacent to an activating group) is 1. The average molecular weight is 230 g/mol. The Morgan fingerprint density at radius 2 is 1.93 bits per heavy atom. The molecule has 0 radical (unpaired) electrons. The number of anilines is 1. The summed E-state index contributed by atoms with van der Waals surface area (Å²) < 4.78 is 0. The van der Waals surface area contributed by atoms with Crippen LogP contribution in [0.1, 0.15) is 11.1 Å². The highest BCUT2D eigenvalue weighted by Crippen LogP contribution is 2.17. The van der Waals surface area contributed by atoms with Crippen LogP contribution >= 0.6 is 12.4 Å². The zero-order valence-corrected chi connectivity index (χ0v) is 9.97. The molecular weight excluding hydrogens is 214 g/mol. The van der Waals surface area contributed by atoms with Gasteiger partial charge in [-0.2, -0.15) is 0 Å². The van der Waals surface area contributed by atoms with Crippen molar-refractivity contribution in [1.82, 2.24) is 0 Å². The minimum atomic E-state index is -0.814. The van der Waals surface area contributed by atoms with Crippen LogP contribution in [0.5, 0.6) is 0 Å². The highest BCUT2D eigenvalue weighted by atomic mass is 35.5. The van der Waals surface area contributed by atoms with E-state index in [-0.39, 0.29) is 19.0 Å². The normalized spacial score (nSPS) is 9.27. The van der Waals surface area contributed by atoms with Crippen LogP contribution < -0.4 is 4.90 Å². The lowest BCUT2D eigenvalue weighted by atomic mass is 10.1. The maximum Gasteiger partial charge on any atom is 0.323 e. The van der Waals surface area contributed by atoms with E-state index in [1.807, 2.05) is 32.0 Å². The van der Waals surface area contributed by atoms with Crippen LogP contribution in [-0.4, -0.2) is 24.7 Å². The topological polar surface area (TPSA) is 40.5 Å². The van der Waals surface area contributed by atoms with Crippen molar-refractivity contribution in [1.29, 1.82) is 0 Å². The predicted molar refractivity (Wildman–Crippen MR) is 64.1 cm³/mol. The van der Waals surface area contributed by atoms with Crippen LogP contribution in [0, 0.1) is 13.8 Å². The van der Waals surface area contributed by atoms with Gasteiger partial charge in [0.25, 0.3) is 0 Å². The van der Waals surface area contributed by atoms with Crippen LogP contribution in [0.3, 0.4) is 0 Å². The van der Waals surface area contributed by atoms with Gasteiger partial charge in [0.15, 0.2) is 0 Å². The van der Waals surface area contributed by atoms with E-state index >= 15 is 0 Å². The summed E-state index contributed by atoms with van der Waals surface area (Å²) in [6.07, 6.45) is 0. The third-order valence-corrected chi connectivity index (χ3v) is 2.30. The Balaban J connectivity index is 0.00000196. The lowest BCUT2D eigenvalue weighted by molar-refractivity contribution is -0.135. The number of halogens is 1. The standard InChI is InChI=1S/C11H15NO2.ClH/c1-8-4-5-10(6-9(8)2)12(3)7-11(13)14;/h4-6H,7H2,1-3H3,(H,13,14);1H. The maximum absolute atomic E-state index is 10.5. The van der Waals surface area contributed by atoms with Crippen molar-refractivity contribution in [3.8, 4) is 0 Å². The molecule has 0 saturated heterocycles. The second-order valence-corrected chi connectivity index (χ2v) is 3.52. The lowest BCUT2D eigenvalue weighted by Gasteiger charge is -2.17. The van der Waals surface area contributed by atoms with E-state index in [0.717, 1.165) is 5.69 Å². The first-order valence-electron chi connectivity index (χ1n) is 4.51. The SMILES string of the molecule is Cc1ccc(N(C)CC(=O)O)cc1C.Cl. The Morgan fingerprint density at radius 3 is 2.40 bits per heavy atom. The molecule has 0 unspecified atom stereocenters. The fourth-order valence-electron chi connectivity index (χ4n) is 1.26. The van der Waals surface area contributed by atoms with Gasteiger partial charge in [0.05, 0.1) is 0 Å². The van der Waals surface area contributed by atoms with Crippen LogP contribution in [-0.2, 0) is 4.79 Å². The van der Waals surface area contributed by atoms with Crippen molar-refractivity contribution in [3.05, 3.63) is 29.3 Å². The smallest absolute Gasteiger partial charge is 0.323 e. The molecule has 0 saturated carbocycles. The molecule has 0 amide bonds. The minimum absolute atomic E-state index is 0. The fourth-order valence-corrected chi connectivity index (χ4v) is 1.26. The summed E-state index contributed by atoms with van der Waals surface area (Å²) in [6, 6.07) is 5.94. The van der Waals surface area contributed by atoms with E-state index < -0.39 is 5.97 Å². The van der Waals surface area contributed by atoms with E-state index in [1.54, 1.807) is 11.9 Å². The second-order valence-electron chi connectivity index (χ2n) is 3.52. The van der Waals surface area contributed by atoms with Crippen molar-refractivity contribution in [2.24, 2.45) is 0 Å². The zero-order chi connectivity index (χ0) is 10.7. The van der Waals surface area contributed by atoms with Gasteiger partial charge in [0.1, 0.15) is 6.54 Å². The number of carboxylic acid groups (broad SMARTS) is 1. The molecule has 0 aliphatic carbocycles. The van der Waals surface area contributed by atoms with Gasteiger partial charge in [-0.3, -0.25) is 4.79 Å². The molecular formula is C11H16ClNO2.